The van der Waals surface area contributed by atoms with Crippen molar-refractivity contribution in [1.82, 2.24) is 0 Å². The molecule has 0 bridgehead atoms. The van der Waals surface area contributed by atoms with E-state index in [0.29, 0.717) is 0 Å². The van der Waals surface area contributed by atoms with Crippen LogP contribution < -0.4 is 0 Å². The molecule has 0 aromatic carbocycles. The van der Waals surface area contributed by atoms with Gasteiger partial charge in [-0.25, -0.2) is 0 Å². The minimum atomic E-state index is -2.88. The molecule has 0 aromatic heterocycles. The average Bonchev–Trinajstić information content (AvgIpc) is 1.73. The van der Waals surface area contributed by atoms with E-state index in [9.17, 15) is 0 Å². The van der Waals surface area contributed by atoms with Crippen LogP contribution >= 0.6 is 28.3 Å². The van der Waals surface area contributed by atoms with E-state index in [1.165, 1.54) is 0 Å². The van der Waals surface area contributed by atoms with Crippen LogP contribution in [0.15, 0.2) is 0 Å². The normalized spacial score (nSPS) is 36.7. The molecule has 1 saturated heterocycles. The van der Waals surface area contributed by atoms with Gasteiger partial charge in [0.25, 0.3) is 0 Å². The van der Waals surface area contributed by atoms with Gasteiger partial charge in [0, 0.05) is 0 Å². The van der Waals surface area contributed by atoms with E-state index >= 15 is 0 Å². The van der Waals surface area contributed by atoms with Crippen LogP contribution in [0.25, 0.3) is 0 Å². The van der Waals surface area contributed by atoms with Gasteiger partial charge in [0.1, 0.15) is 0 Å². The van der Waals surface area contributed by atoms with Crippen LogP contribution in [0, 0.1) is 0 Å². The molecule has 0 spiro atoms. The standard InChI is InChI=1S/C2H4.3ClH.H2O.Pt/c1-2;;;;;/h1-2H2;3*1H;1H2;/q;;;;;+3/p-3. The Morgan fingerprint density at radius 3 is 1.14 bits per heavy atom. The molecule has 2 N–H and O–H groups in total. The summed E-state index contributed by atoms with van der Waals surface area (Å²) in [6.07, 6.45) is 0. The first kappa shape index (κ1) is 8.52. The summed E-state index contributed by atoms with van der Waals surface area (Å²) in [6.45, 7) is 0. The molecule has 0 unspecified atom stereocenters. The van der Waals surface area contributed by atoms with E-state index in [-0.39, 0.29) is 5.48 Å². The van der Waals surface area contributed by atoms with Crippen LogP contribution in [0.1, 0.15) is 0 Å². The summed E-state index contributed by atoms with van der Waals surface area (Å²) in [5, 5.41) is 0. The molecule has 0 aromatic rings. The maximum atomic E-state index is 5.61. The summed E-state index contributed by atoms with van der Waals surface area (Å²) < 4.78 is 0. The number of halogens is 3. The fraction of sp³-hybridized carbons (Fsp3) is 1.00. The SMILES string of the molecule is O.[Cl][Pt]1([Cl])([Cl])[CH2][CH2]1. The predicted molar refractivity (Wildman–Crippen MR) is 30.8 cm³/mol. The van der Waals surface area contributed by atoms with Crippen molar-refractivity contribution in [3.8, 4) is 0 Å². The van der Waals surface area contributed by atoms with Crippen molar-refractivity contribution in [2.75, 3.05) is 0 Å². The van der Waals surface area contributed by atoms with E-state index in [2.05, 4.69) is 0 Å². The summed E-state index contributed by atoms with van der Waals surface area (Å²) in [7, 11) is 16.8. The average molecular weight is 348 g/mol. The summed E-state index contributed by atoms with van der Waals surface area (Å²) >= 11 is -2.88. The molecule has 1 nitrogen and oxygen atoms in total. The van der Waals surface area contributed by atoms with Gasteiger partial charge in [-0.05, 0) is 0 Å². The molecule has 0 aliphatic carbocycles. The van der Waals surface area contributed by atoms with Crippen molar-refractivity contribution >= 4 is 28.3 Å². The molecule has 1 rings (SSSR count). The van der Waals surface area contributed by atoms with Crippen LogP contribution in [0.2, 0.25) is 9.62 Å². The van der Waals surface area contributed by atoms with Crippen LogP contribution in [0.4, 0.5) is 0 Å². The van der Waals surface area contributed by atoms with Crippen LogP contribution in [-0.4, -0.2) is 5.48 Å². The van der Waals surface area contributed by atoms with Crippen molar-refractivity contribution in [2.45, 2.75) is 9.62 Å². The maximum absolute atomic E-state index is 5.61. The van der Waals surface area contributed by atoms with E-state index in [1.54, 1.807) is 0 Å². The Labute approximate surface area is 54.9 Å². The predicted octanol–water partition coefficient (Wildman–Crippen LogP) is 2.16. The molecular weight excluding hydrogens is 341 g/mol. The summed E-state index contributed by atoms with van der Waals surface area (Å²) in [5.41, 5.74) is 0. The third kappa shape index (κ3) is 3.16. The quantitative estimate of drug-likeness (QED) is 0.643. The molecule has 0 amide bonds. The minimum absolute atomic E-state index is 0. The monoisotopic (exact) mass is 346 g/mol. The summed E-state index contributed by atoms with van der Waals surface area (Å²) in [6, 6.07) is 0. The van der Waals surface area contributed by atoms with E-state index in [1.807, 2.05) is 0 Å². The Morgan fingerprint density at radius 2 is 1.14 bits per heavy atom. The molecule has 1 aliphatic rings. The molecule has 7 heavy (non-hydrogen) atoms. The molecule has 5 heteroatoms. The third-order valence-electron chi connectivity index (χ3n) is 0.517. The van der Waals surface area contributed by atoms with E-state index in [4.69, 9.17) is 28.3 Å². The van der Waals surface area contributed by atoms with Crippen molar-refractivity contribution in [1.29, 1.82) is 0 Å². The molecule has 0 atom stereocenters. The van der Waals surface area contributed by atoms with E-state index < -0.39 is 11.7 Å². The Hall–Kier alpha value is 1.52. The first-order chi connectivity index (χ1) is 2.47. The second-order valence-corrected chi connectivity index (χ2v) is 26.3. The summed E-state index contributed by atoms with van der Waals surface area (Å²) in [5.74, 6) is 0. The Balaban J connectivity index is 0.000000360. The number of hydrogen-bond donors (Lipinski definition) is 0. The van der Waals surface area contributed by atoms with Crippen molar-refractivity contribution in [2.24, 2.45) is 0 Å². The molecular formula is C2H6Cl3OPt. The second kappa shape index (κ2) is 1.75. The fourth-order valence-electron chi connectivity index (χ4n) is 0.0567. The third-order valence-corrected chi connectivity index (χ3v) is 10.1. The fourth-order valence-corrected chi connectivity index (χ4v) is 11.4. The van der Waals surface area contributed by atoms with Gasteiger partial charge >= 0.3 is 49.6 Å². The van der Waals surface area contributed by atoms with Crippen molar-refractivity contribution in [3.05, 3.63) is 0 Å². The molecule has 1 aliphatic heterocycles. The van der Waals surface area contributed by atoms with Gasteiger partial charge in [-0.15, -0.1) is 0 Å². The second-order valence-electron chi connectivity index (χ2n) is 1.12. The number of hydrogen-bond acceptors (Lipinski definition) is 0. The molecule has 1 fully saturated rings. The molecule has 1 heterocycles. The van der Waals surface area contributed by atoms with Crippen LogP contribution in [0.3, 0.4) is 0 Å². The van der Waals surface area contributed by atoms with Gasteiger partial charge in [-0.1, -0.05) is 0 Å². The number of rotatable bonds is 0. The first-order valence-corrected chi connectivity index (χ1v) is 13.0. The zero-order valence-corrected chi connectivity index (χ0v) is 7.90. The van der Waals surface area contributed by atoms with Gasteiger partial charge in [-0.3, -0.25) is 0 Å². The topological polar surface area (TPSA) is 31.5 Å². The Bertz CT molecular complexity index is 76.7. The zero-order chi connectivity index (χ0) is 4.86. The van der Waals surface area contributed by atoms with Gasteiger partial charge in [-0.2, -0.15) is 0 Å². The van der Waals surface area contributed by atoms with Gasteiger partial charge in [0.05, 0.1) is 0 Å². The summed E-state index contributed by atoms with van der Waals surface area (Å²) in [4.78, 5) is 1.80. The molecule has 0 radical (unpaired) electrons. The van der Waals surface area contributed by atoms with E-state index in [0.717, 1.165) is 9.62 Å². The molecule has 51 valence electrons. The van der Waals surface area contributed by atoms with Crippen LogP contribution in [-0.2, 0) is 11.7 Å². The molecule has 0 saturated carbocycles. The zero-order valence-electron chi connectivity index (χ0n) is 3.36. The first-order valence-electron chi connectivity index (χ1n) is 1.31. The Morgan fingerprint density at radius 1 is 1.00 bits per heavy atom. The van der Waals surface area contributed by atoms with Gasteiger partial charge < -0.3 is 5.48 Å². The van der Waals surface area contributed by atoms with Crippen molar-refractivity contribution < 1.29 is 17.2 Å². The van der Waals surface area contributed by atoms with Crippen molar-refractivity contribution in [3.63, 3.8) is 0 Å². The van der Waals surface area contributed by atoms with Gasteiger partial charge in [0.15, 0.2) is 0 Å². The van der Waals surface area contributed by atoms with Crippen LogP contribution in [0.5, 0.6) is 0 Å². The van der Waals surface area contributed by atoms with Gasteiger partial charge in [0.2, 0.25) is 0 Å². The Kier molecular flexibility index (Phi) is 2.13.